The van der Waals surface area contributed by atoms with E-state index in [0.29, 0.717) is 0 Å². The van der Waals surface area contributed by atoms with Gasteiger partial charge in [-0.25, -0.2) is 0 Å². The Morgan fingerprint density at radius 2 is 1.83 bits per heavy atom. The fourth-order valence-corrected chi connectivity index (χ4v) is 6.29. The van der Waals surface area contributed by atoms with Gasteiger partial charge < -0.3 is 35.6 Å². The highest BCUT2D eigenvalue weighted by Crippen LogP contribution is 2.59. The van der Waals surface area contributed by atoms with Crippen molar-refractivity contribution in [3.8, 4) is 11.5 Å². The first-order valence-electron chi connectivity index (χ1n) is 11.1. The smallest absolute Gasteiger partial charge is 0.258 e. The van der Waals surface area contributed by atoms with Gasteiger partial charge in [-0.3, -0.25) is 19.3 Å². The molecule has 0 aliphatic heterocycles. The molecule has 11 nitrogen and oxygen atoms in total. The van der Waals surface area contributed by atoms with E-state index in [9.17, 15) is 39.9 Å². The quantitative estimate of drug-likeness (QED) is 0.307. The molecule has 4 rings (SSSR count). The number of phenolic OH excluding ortho intramolecular Hbond substituents is 1. The molecule has 0 radical (unpaired) electrons. The number of halogens is 1. The number of rotatable bonds is 3. The van der Waals surface area contributed by atoms with E-state index >= 15 is 0 Å². The molecule has 0 spiro atoms. The molecule has 1 aromatic carbocycles. The Kier molecular flexibility index (Phi) is 5.91. The largest absolute Gasteiger partial charge is 0.508 e. The van der Waals surface area contributed by atoms with Crippen molar-refractivity contribution in [2.75, 3.05) is 28.3 Å². The Morgan fingerprint density at radius 3 is 2.36 bits per heavy atom. The number of fused-ring (bicyclic) bond motifs is 3. The molecular weight excluding hydrogens is 496 g/mol. The number of methoxy groups -OCH3 is 1. The molecule has 3 aliphatic rings. The monoisotopic (exact) mass is 522 g/mol. The lowest BCUT2D eigenvalue weighted by Crippen LogP contribution is -2.67. The summed E-state index contributed by atoms with van der Waals surface area (Å²) in [7, 11) is 5.53. The van der Waals surface area contributed by atoms with Gasteiger partial charge in [0.1, 0.15) is 28.6 Å². The van der Waals surface area contributed by atoms with Crippen LogP contribution in [0.1, 0.15) is 24.5 Å². The van der Waals surface area contributed by atoms with Gasteiger partial charge >= 0.3 is 0 Å². The normalized spacial score (nSPS) is 31.8. The summed E-state index contributed by atoms with van der Waals surface area (Å²) in [6.45, 7) is 1.33. The predicted molar refractivity (Wildman–Crippen MR) is 127 cm³/mol. The average molecular weight is 523 g/mol. The number of ether oxygens (including phenoxy) is 1. The number of aliphatic hydroxyl groups is 4. The van der Waals surface area contributed by atoms with E-state index in [4.69, 9.17) is 16.3 Å². The number of benzene rings is 1. The number of nitrogens with zero attached hydrogens (tertiary/aromatic N) is 1. The van der Waals surface area contributed by atoms with Crippen LogP contribution in [0.2, 0.25) is 5.02 Å². The topological polar surface area (TPSA) is 177 Å². The van der Waals surface area contributed by atoms with Crippen LogP contribution in [-0.2, 0) is 20.0 Å². The van der Waals surface area contributed by atoms with Crippen molar-refractivity contribution < 1.29 is 44.7 Å². The van der Waals surface area contributed by atoms with E-state index < -0.39 is 75.0 Å². The number of amides is 1. The summed E-state index contributed by atoms with van der Waals surface area (Å²) in [5.74, 6) is -7.98. The van der Waals surface area contributed by atoms with E-state index in [1.165, 1.54) is 40.1 Å². The highest BCUT2D eigenvalue weighted by molar-refractivity contribution is 6.33. The first kappa shape index (κ1) is 26.0. The molecule has 0 heterocycles. The van der Waals surface area contributed by atoms with Crippen molar-refractivity contribution >= 4 is 34.8 Å². The van der Waals surface area contributed by atoms with Gasteiger partial charge in [0.2, 0.25) is 5.78 Å². The summed E-state index contributed by atoms with van der Waals surface area (Å²) in [5.41, 5.74) is -6.45. The molecule has 1 saturated carbocycles. The summed E-state index contributed by atoms with van der Waals surface area (Å²) in [4.78, 5) is 41.1. The lowest BCUT2D eigenvalue weighted by molar-refractivity contribution is -0.159. The van der Waals surface area contributed by atoms with Crippen molar-refractivity contribution in [3.05, 3.63) is 39.1 Å². The lowest BCUT2D eigenvalue weighted by atomic mass is 9.54. The standard InChI is InChI=1S/C24H27ClN2O9/c1-23(34)8-6-9-17(27(3)4)19(30)14(22(33)26-2)21(32)24(9,35)20(31)12(8)18(29)13-10(28)7-11(36-5)16(25)15(13)23/h7-9,17,28-29,32,34-35H,6H2,1-5H3,(H,26,33)/t8?,9?,17?,23-,24-/m0/s1. The Labute approximate surface area is 211 Å². The number of hydrogen-bond donors (Lipinski definition) is 6. The number of Topliss-reactive ketones (excluding diaryl/α,β-unsaturated/α-hetero) is 2. The SMILES string of the molecule is CNC(=O)C1=C(O)[C@@]2(O)C(=O)C3=C(O)c4c(O)cc(OC)c(Cl)c4[C@@](C)(O)C3CC2C(N(C)C)C1=O. The molecule has 1 aromatic rings. The number of carbonyl (C=O) groups is 3. The summed E-state index contributed by atoms with van der Waals surface area (Å²) in [6.07, 6.45) is -0.276. The highest BCUT2D eigenvalue weighted by Gasteiger charge is 2.66. The van der Waals surface area contributed by atoms with E-state index in [1.807, 2.05) is 0 Å². The number of nitrogens with one attached hydrogen (secondary N) is 1. The van der Waals surface area contributed by atoms with Crippen LogP contribution in [0.5, 0.6) is 11.5 Å². The van der Waals surface area contributed by atoms with Gasteiger partial charge in [-0.2, -0.15) is 0 Å². The number of hydrogen-bond acceptors (Lipinski definition) is 10. The van der Waals surface area contributed by atoms with Crippen molar-refractivity contribution in [3.63, 3.8) is 0 Å². The first-order valence-corrected chi connectivity index (χ1v) is 11.4. The molecule has 0 saturated heterocycles. The third-order valence-corrected chi connectivity index (χ3v) is 7.95. The molecule has 12 heteroatoms. The zero-order valence-electron chi connectivity index (χ0n) is 20.2. The third-order valence-electron chi connectivity index (χ3n) is 7.58. The van der Waals surface area contributed by atoms with Gasteiger partial charge in [0.05, 0.1) is 29.3 Å². The van der Waals surface area contributed by atoms with Gasteiger partial charge in [0.25, 0.3) is 5.91 Å². The first-order chi connectivity index (χ1) is 16.7. The second-order valence-electron chi connectivity index (χ2n) is 9.64. The molecular formula is C24H27ClN2O9. The van der Waals surface area contributed by atoms with E-state index in [-0.39, 0.29) is 28.3 Å². The fourth-order valence-electron chi connectivity index (χ4n) is 5.87. The minimum absolute atomic E-state index is 0.0119. The summed E-state index contributed by atoms with van der Waals surface area (Å²) in [6, 6.07) is -0.140. The van der Waals surface area contributed by atoms with Gasteiger partial charge in [0, 0.05) is 36.1 Å². The van der Waals surface area contributed by atoms with Gasteiger partial charge in [-0.05, 0) is 27.4 Å². The van der Waals surface area contributed by atoms with E-state index in [1.54, 1.807) is 0 Å². The molecule has 0 aromatic heterocycles. The van der Waals surface area contributed by atoms with Crippen LogP contribution in [0.25, 0.3) is 5.76 Å². The maximum absolute atomic E-state index is 13.9. The zero-order valence-corrected chi connectivity index (χ0v) is 21.0. The van der Waals surface area contributed by atoms with Crippen LogP contribution in [-0.4, -0.2) is 87.8 Å². The number of ketones is 2. The lowest BCUT2D eigenvalue weighted by Gasteiger charge is -2.53. The highest BCUT2D eigenvalue weighted by atomic mass is 35.5. The average Bonchev–Trinajstić information content (AvgIpc) is 2.80. The van der Waals surface area contributed by atoms with Crippen LogP contribution in [0.3, 0.4) is 0 Å². The van der Waals surface area contributed by atoms with E-state index in [0.717, 1.165) is 6.07 Å². The van der Waals surface area contributed by atoms with Crippen LogP contribution in [0.15, 0.2) is 23.0 Å². The molecule has 3 unspecified atom stereocenters. The fraction of sp³-hybridized carbons (Fsp3) is 0.458. The second kappa shape index (κ2) is 8.20. The summed E-state index contributed by atoms with van der Waals surface area (Å²) >= 11 is 6.46. The Balaban J connectivity index is 2.07. The number of aliphatic hydroxyl groups excluding tert-OH is 2. The minimum Gasteiger partial charge on any atom is -0.508 e. The third kappa shape index (κ3) is 3.06. The Morgan fingerprint density at radius 1 is 1.22 bits per heavy atom. The van der Waals surface area contributed by atoms with Crippen molar-refractivity contribution in [1.82, 2.24) is 10.2 Å². The summed E-state index contributed by atoms with van der Waals surface area (Å²) in [5, 5.41) is 58.4. The molecule has 6 N–H and O–H groups in total. The summed E-state index contributed by atoms with van der Waals surface area (Å²) < 4.78 is 5.16. The molecule has 1 amide bonds. The van der Waals surface area contributed by atoms with Crippen LogP contribution < -0.4 is 10.1 Å². The van der Waals surface area contributed by atoms with Crippen molar-refractivity contribution in [2.45, 2.75) is 30.6 Å². The van der Waals surface area contributed by atoms with Crippen molar-refractivity contribution in [2.24, 2.45) is 11.8 Å². The molecule has 0 bridgehead atoms. The Bertz CT molecular complexity index is 1280. The van der Waals surface area contributed by atoms with Gasteiger partial charge in [-0.15, -0.1) is 0 Å². The maximum Gasteiger partial charge on any atom is 0.258 e. The van der Waals surface area contributed by atoms with Crippen LogP contribution >= 0.6 is 11.6 Å². The molecule has 5 atom stereocenters. The number of carbonyl (C=O) groups excluding carboxylic acids is 3. The van der Waals surface area contributed by atoms with Crippen LogP contribution in [0, 0.1) is 11.8 Å². The number of aromatic hydroxyl groups is 1. The van der Waals surface area contributed by atoms with Gasteiger partial charge in [0.15, 0.2) is 11.4 Å². The molecule has 194 valence electrons. The number of phenols is 1. The predicted octanol–water partition coefficient (Wildman–Crippen LogP) is 0.552. The molecule has 36 heavy (non-hydrogen) atoms. The van der Waals surface area contributed by atoms with Crippen molar-refractivity contribution in [1.29, 1.82) is 0 Å². The maximum atomic E-state index is 13.9. The van der Waals surface area contributed by atoms with Gasteiger partial charge in [-0.1, -0.05) is 11.6 Å². The minimum atomic E-state index is -2.77. The van der Waals surface area contributed by atoms with Crippen LogP contribution in [0.4, 0.5) is 0 Å². The Hall–Kier alpha value is -3.12. The second-order valence-corrected chi connectivity index (χ2v) is 10.0. The van der Waals surface area contributed by atoms with E-state index in [2.05, 4.69) is 5.32 Å². The zero-order chi connectivity index (χ0) is 27.1. The number of likely N-dealkylation sites (N-methyl/N-ethyl adjacent to an activating group) is 2. The molecule has 1 fully saturated rings. The molecule has 3 aliphatic carbocycles.